The van der Waals surface area contributed by atoms with E-state index in [4.69, 9.17) is 0 Å². The number of anilines is 1. The number of rotatable bonds is 8. The van der Waals surface area contributed by atoms with Crippen LogP contribution in [0.15, 0.2) is 53.4 Å². The van der Waals surface area contributed by atoms with Crippen molar-refractivity contribution >= 4 is 27.3 Å². The van der Waals surface area contributed by atoms with Crippen molar-refractivity contribution in [3.05, 3.63) is 59.7 Å². The molecule has 2 rings (SSSR count). The third kappa shape index (κ3) is 5.42. The van der Waals surface area contributed by atoms with E-state index >= 15 is 0 Å². The van der Waals surface area contributed by atoms with E-state index < -0.39 is 15.7 Å². The fraction of sp³-hybridized carbons (Fsp3) is 0.333. The van der Waals surface area contributed by atoms with Crippen LogP contribution < -0.4 is 10.6 Å². The summed E-state index contributed by atoms with van der Waals surface area (Å²) in [6.45, 7) is 5.57. The summed E-state index contributed by atoms with van der Waals surface area (Å²) in [5, 5.41) is 5.61. The maximum atomic E-state index is 12.5. The summed E-state index contributed by atoms with van der Waals surface area (Å²) in [5.74, 6) is -0.667. The normalized spacial score (nSPS) is 12.2. The zero-order valence-corrected chi connectivity index (χ0v) is 17.2. The monoisotopic (exact) mass is 402 g/mol. The van der Waals surface area contributed by atoms with Crippen molar-refractivity contribution in [2.45, 2.75) is 38.6 Å². The molecule has 28 heavy (non-hydrogen) atoms. The topological polar surface area (TPSA) is 92.3 Å². The number of amides is 2. The van der Waals surface area contributed by atoms with Gasteiger partial charge in [-0.25, -0.2) is 8.42 Å². The number of carbonyl (C=O) groups excluding carboxylic acids is 2. The fourth-order valence-corrected chi connectivity index (χ4v) is 3.66. The SMILES string of the molecule is CCC(C)C(=O)Nc1cccc(CNC(=O)c2ccccc2S(=O)(=O)CC)c1. The molecule has 1 atom stereocenters. The van der Waals surface area contributed by atoms with Crippen LogP contribution in [0.3, 0.4) is 0 Å². The molecule has 0 aliphatic heterocycles. The molecule has 0 heterocycles. The van der Waals surface area contributed by atoms with Gasteiger partial charge in [-0.1, -0.05) is 45.0 Å². The van der Waals surface area contributed by atoms with Gasteiger partial charge in [0.05, 0.1) is 16.2 Å². The Morgan fingerprint density at radius 2 is 1.75 bits per heavy atom. The Morgan fingerprint density at radius 3 is 2.43 bits per heavy atom. The number of sulfone groups is 1. The summed E-state index contributed by atoms with van der Waals surface area (Å²) in [6, 6.07) is 13.4. The Kier molecular flexibility index (Phi) is 7.34. The first kappa shape index (κ1) is 21.6. The third-order valence-electron chi connectivity index (χ3n) is 4.55. The van der Waals surface area contributed by atoms with Crippen LogP contribution in [0.25, 0.3) is 0 Å². The number of hydrogen-bond acceptors (Lipinski definition) is 4. The minimum absolute atomic E-state index is 0.0320. The smallest absolute Gasteiger partial charge is 0.252 e. The predicted octanol–water partition coefficient (Wildman–Crippen LogP) is 3.39. The van der Waals surface area contributed by atoms with E-state index in [1.54, 1.807) is 37.3 Å². The zero-order chi connectivity index (χ0) is 20.7. The molecular formula is C21H26N2O4S. The standard InChI is InChI=1S/C21H26N2O4S/c1-4-15(3)20(24)23-17-10-8-9-16(13-17)14-22-21(25)18-11-6-7-12-19(18)28(26,27)5-2/h6-13,15H,4-5,14H2,1-3H3,(H,22,25)(H,23,24). The second-order valence-electron chi connectivity index (χ2n) is 6.58. The summed E-state index contributed by atoms with van der Waals surface area (Å²) in [6.07, 6.45) is 0.752. The highest BCUT2D eigenvalue weighted by molar-refractivity contribution is 7.91. The second kappa shape index (κ2) is 9.50. The summed E-state index contributed by atoms with van der Waals surface area (Å²) in [4.78, 5) is 24.6. The molecule has 0 aliphatic carbocycles. The highest BCUT2D eigenvalue weighted by atomic mass is 32.2. The first-order chi connectivity index (χ1) is 13.3. The van der Waals surface area contributed by atoms with E-state index in [-0.39, 0.29) is 34.6 Å². The number of hydrogen-bond donors (Lipinski definition) is 2. The maximum absolute atomic E-state index is 12.5. The van der Waals surface area contributed by atoms with Gasteiger partial charge in [0.15, 0.2) is 9.84 Å². The lowest BCUT2D eigenvalue weighted by Crippen LogP contribution is -2.25. The van der Waals surface area contributed by atoms with E-state index in [0.717, 1.165) is 12.0 Å². The van der Waals surface area contributed by atoms with E-state index in [2.05, 4.69) is 10.6 Å². The Balaban J connectivity index is 2.10. The Hall–Kier alpha value is -2.67. The van der Waals surface area contributed by atoms with Gasteiger partial charge in [0, 0.05) is 18.2 Å². The molecule has 0 bridgehead atoms. The van der Waals surface area contributed by atoms with Gasteiger partial charge in [0.2, 0.25) is 5.91 Å². The molecule has 6 nitrogen and oxygen atoms in total. The van der Waals surface area contributed by atoms with Crippen molar-refractivity contribution in [1.82, 2.24) is 5.32 Å². The summed E-state index contributed by atoms with van der Waals surface area (Å²) in [7, 11) is -3.50. The number of carbonyl (C=O) groups is 2. The fourth-order valence-electron chi connectivity index (χ4n) is 2.57. The van der Waals surface area contributed by atoms with Crippen LogP contribution in [-0.2, 0) is 21.2 Å². The average Bonchev–Trinajstić information content (AvgIpc) is 2.71. The van der Waals surface area contributed by atoms with Crippen molar-refractivity contribution in [2.24, 2.45) is 5.92 Å². The van der Waals surface area contributed by atoms with Gasteiger partial charge >= 0.3 is 0 Å². The molecule has 2 amide bonds. The van der Waals surface area contributed by atoms with Gasteiger partial charge < -0.3 is 10.6 Å². The first-order valence-electron chi connectivity index (χ1n) is 9.28. The van der Waals surface area contributed by atoms with E-state index in [0.29, 0.717) is 5.69 Å². The molecule has 2 N–H and O–H groups in total. The molecule has 0 aliphatic rings. The van der Waals surface area contributed by atoms with Crippen LogP contribution in [0.5, 0.6) is 0 Å². The molecule has 0 aromatic heterocycles. The van der Waals surface area contributed by atoms with Crippen molar-refractivity contribution < 1.29 is 18.0 Å². The highest BCUT2D eigenvalue weighted by Gasteiger charge is 2.20. The summed E-state index contributed by atoms with van der Waals surface area (Å²) in [5.41, 5.74) is 1.59. The zero-order valence-electron chi connectivity index (χ0n) is 16.4. The van der Waals surface area contributed by atoms with E-state index in [1.807, 2.05) is 19.9 Å². The van der Waals surface area contributed by atoms with Gasteiger partial charge in [0.25, 0.3) is 5.91 Å². The number of benzene rings is 2. The molecule has 0 fully saturated rings. The van der Waals surface area contributed by atoms with Crippen molar-refractivity contribution in [1.29, 1.82) is 0 Å². The van der Waals surface area contributed by atoms with Crippen molar-refractivity contribution in [3.63, 3.8) is 0 Å². The quantitative estimate of drug-likeness (QED) is 0.708. The van der Waals surface area contributed by atoms with Crippen molar-refractivity contribution in [2.75, 3.05) is 11.1 Å². The number of nitrogens with one attached hydrogen (secondary N) is 2. The molecular weight excluding hydrogens is 376 g/mol. The molecule has 0 spiro atoms. The van der Waals surface area contributed by atoms with Gasteiger partial charge in [-0.3, -0.25) is 9.59 Å². The van der Waals surface area contributed by atoms with Gasteiger partial charge in [-0.05, 0) is 36.2 Å². The highest BCUT2D eigenvalue weighted by Crippen LogP contribution is 2.18. The Morgan fingerprint density at radius 1 is 1.04 bits per heavy atom. The van der Waals surface area contributed by atoms with Crippen LogP contribution in [-0.4, -0.2) is 26.0 Å². The van der Waals surface area contributed by atoms with Crippen LogP contribution in [0.1, 0.15) is 43.1 Å². The van der Waals surface area contributed by atoms with Gasteiger partial charge in [-0.15, -0.1) is 0 Å². The van der Waals surface area contributed by atoms with Crippen molar-refractivity contribution in [3.8, 4) is 0 Å². The lowest BCUT2D eigenvalue weighted by atomic mass is 10.1. The Labute approximate surface area is 166 Å². The van der Waals surface area contributed by atoms with E-state index in [9.17, 15) is 18.0 Å². The van der Waals surface area contributed by atoms with Crippen LogP contribution in [0, 0.1) is 5.92 Å². The minimum Gasteiger partial charge on any atom is -0.348 e. The molecule has 2 aromatic carbocycles. The molecule has 0 radical (unpaired) electrons. The maximum Gasteiger partial charge on any atom is 0.252 e. The largest absolute Gasteiger partial charge is 0.348 e. The molecule has 0 saturated carbocycles. The van der Waals surface area contributed by atoms with Crippen LogP contribution in [0.2, 0.25) is 0 Å². The summed E-state index contributed by atoms with van der Waals surface area (Å²) < 4.78 is 24.4. The Bertz CT molecular complexity index is 954. The second-order valence-corrected chi connectivity index (χ2v) is 8.83. The van der Waals surface area contributed by atoms with Crippen LogP contribution in [0.4, 0.5) is 5.69 Å². The molecule has 2 aromatic rings. The van der Waals surface area contributed by atoms with Gasteiger partial charge in [-0.2, -0.15) is 0 Å². The lowest BCUT2D eigenvalue weighted by molar-refractivity contribution is -0.119. The predicted molar refractivity (Wildman–Crippen MR) is 110 cm³/mol. The molecule has 0 saturated heterocycles. The lowest BCUT2D eigenvalue weighted by Gasteiger charge is -2.12. The first-order valence-corrected chi connectivity index (χ1v) is 10.9. The minimum atomic E-state index is -3.50. The van der Waals surface area contributed by atoms with Gasteiger partial charge in [0.1, 0.15) is 0 Å². The molecule has 150 valence electrons. The van der Waals surface area contributed by atoms with Crippen LogP contribution >= 0.6 is 0 Å². The average molecular weight is 403 g/mol. The summed E-state index contributed by atoms with van der Waals surface area (Å²) >= 11 is 0. The third-order valence-corrected chi connectivity index (χ3v) is 6.34. The molecule has 1 unspecified atom stereocenters. The molecule has 7 heteroatoms. The van der Waals surface area contributed by atoms with E-state index in [1.165, 1.54) is 12.1 Å².